The van der Waals surface area contributed by atoms with Gasteiger partial charge in [-0.3, -0.25) is 0 Å². The number of hydrogen-bond acceptors (Lipinski definition) is 1. The Morgan fingerprint density at radius 2 is 1.65 bits per heavy atom. The first-order valence-electron chi connectivity index (χ1n) is 7.25. The molecule has 2 heteroatoms. The van der Waals surface area contributed by atoms with E-state index < -0.39 is 0 Å². The van der Waals surface area contributed by atoms with Gasteiger partial charge in [-0.1, -0.05) is 55.5 Å². The van der Waals surface area contributed by atoms with E-state index in [-0.39, 0.29) is 0 Å². The molecular weight excluding hydrogens is 276 g/mol. The van der Waals surface area contributed by atoms with Gasteiger partial charge in [0.25, 0.3) is 0 Å². The van der Waals surface area contributed by atoms with E-state index in [0.717, 1.165) is 17.9 Å². The number of halogens is 1. The summed E-state index contributed by atoms with van der Waals surface area (Å²) in [6, 6.07) is 0. The fraction of sp³-hybridized carbons (Fsp3) is 1.00. The number of ether oxygens (including phenoxy) is 1. The van der Waals surface area contributed by atoms with E-state index >= 15 is 0 Å². The Hall–Kier alpha value is 0.440. The highest BCUT2D eigenvalue weighted by Crippen LogP contribution is 2.37. The first kappa shape index (κ1) is 15.5. The summed E-state index contributed by atoms with van der Waals surface area (Å²) in [5.41, 5.74) is 0.418. The predicted octanol–water partition coefficient (Wildman–Crippen LogP) is 5.17. The molecule has 0 amide bonds. The van der Waals surface area contributed by atoms with Crippen LogP contribution in [-0.4, -0.2) is 18.0 Å². The molecule has 1 aliphatic rings. The van der Waals surface area contributed by atoms with E-state index in [1.807, 2.05) is 0 Å². The summed E-state index contributed by atoms with van der Waals surface area (Å²) >= 11 is 3.72. The van der Waals surface area contributed by atoms with E-state index in [9.17, 15) is 0 Å². The number of rotatable bonds is 6. The molecule has 0 aromatic heterocycles. The molecule has 0 aliphatic heterocycles. The normalized spacial score (nSPS) is 22.4. The minimum Gasteiger partial charge on any atom is -0.378 e. The lowest BCUT2D eigenvalue weighted by atomic mass is 9.83. The molecule has 1 atom stereocenters. The number of alkyl halides is 1. The van der Waals surface area contributed by atoms with Crippen LogP contribution in [0.3, 0.4) is 0 Å². The highest BCUT2D eigenvalue weighted by molar-refractivity contribution is 9.09. The van der Waals surface area contributed by atoms with Crippen molar-refractivity contribution in [2.75, 3.05) is 11.9 Å². The maximum Gasteiger partial charge on any atom is 0.0549 e. The van der Waals surface area contributed by atoms with E-state index in [4.69, 9.17) is 4.74 Å². The Kier molecular flexibility index (Phi) is 7.10. The van der Waals surface area contributed by atoms with Crippen LogP contribution in [0.25, 0.3) is 0 Å². The van der Waals surface area contributed by atoms with Crippen molar-refractivity contribution in [2.24, 2.45) is 11.3 Å². The molecule has 0 spiro atoms. The van der Waals surface area contributed by atoms with Gasteiger partial charge >= 0.3 is 0 Å². The average Bonchev–Trinajstić information content (AvgIpc) is 2.52. The third kappa shape index (κ3) is 5.74. The molecule has 0 aromatic rings. The quantitative estimate of drug-likeness (QED) is 0.486. The zero-order valence-corrected chi connectivity index (χ0v) is 13.4. The summed E-state index contributed by atoms with van der Waals surface area (Å²) in [7, 11) is 0. The molecule has 0 heterocycles. The van der Waals surface area contributed by atoms with Gasteiger partial charge in [-0.15, -0.1) is 0 Å². The summed E-state index contributed by atoms with van der Waals surface area (Å²) in [6.07, 6.45) is 9.86. The van der Waals surface area contributed by atoms with Crippen molar-refractivity contribution < 1.29 is 4.74 Å². The Morgan fingerprint density at radius 3 is 2.12 bits per heavy atom. The molecule has 17 heavy (non-hydrogen) atoms. The van der Waals surface area contributed by atoms with Crippen LogP contribution in [0.2, 0.25) is 0 Å². The Bertz CT molecular complexity index is 195. The lowest BCUT2D eigenvalue weighted by Gasteiger charge is -2.32. The van der Waals surface area contributed by atoms with Gasteiger partial charge in [0.2, 0.25) is 0 Å². The summed E-state index contributed by atoms with van der Waals surface area (Å²) in [6.45, 7) is 7.71. The Labute approximate surface area is 116 Å². The van der Waals surface area contributed by atoms with Gasteiger partial charge in [-0.25, -0.2) is 0 Å². The predicted molar refractivity (Wildman–Crippen MR) is 78.8 cm³/mol. The SMILES string of the molecule is CC(C)CC(C)OCC1(CBr)CCCCCC1. The van der Waals surface area contributed by atoms with Crippen LogP contribution in [0.1, 0.15) is 65.7 Å². The van der Waals surface area contributed by atoms with Crippen molar-refractivity contribution >= 4 is 15.9 Å². The maximum atomic E-state index is 6.11. The molecule has 0 radical (unpaired) electrons. The summed E-state index contributed by atoms with van der Waals surface area (Å²) in [4.78, 5) is 0. The summed E-state index contributed by atoms with van der Waals surface area (Å²) < 4.78 is 6.11. The molecular formula is C15H29BrO. The molecule has 102 valence electrons. The summed E-state index contributed by atoms with van der Waals surface area (Å²) in [5.74, 6) is 0.735. The molecule has 1 unspecified atom stereocenters. The molecule has 0 bridgehead atoms. The van der Waals surface area contributed by atoms with Crippen molar-refractivity contribution in [2.45, 2.75) is 71.8 Å². The highest BCUT2D eigenvalue weighted by Gasteiger charge is 2.30. The van der Waals surface area contributed by atoms with E-state index in [1.54, 1.807) is 0 Å². The average molecular weight is 305 g/mol. The Balaban J connectivity index is 2.39. The lowest BCUT2D eigenvalue weighted by Crippen LogP contribution is -2.30. The van der Waals surface area contributed by atoms with Gasteiger partial charge < -0.3 is 4.74 Å². The molecule has 1 fully saturated rings. The number of hydrogen-bond donors (Lipinski definition) is 0. The van der Waals surface area contributed by atoms with Gasteiger partial charge in [0.15, 0.2) is 0 Å². The van der Waals surface area contributed by atoms with Crippen LogP contribution in [0, 0.1) is 11.3 Å². The first-order valence-corrected chi connectivity index (χ1v) is 8.38. The highest BCUT2D eigenvalue weighted by atomic mass is 79.9. The van der Waals surface area contributed by atoms with Gasteiger partial charge in [-0.05, 0) is 32.1 Å². The van der Waals surface area contributed by atoms with Crippen LogP contribution < -0.4 is 0 Å². The van der Waals surface area contributed by atoms with Gasteiger partial charge in [0, 0.05) is 10.7 Å². The molecule has 1 nitrogen and oxygen atoms in total. The standard InChI is InChI=1S/C15H29BrO/c1-13(2)10-14(3)17-12-15(11-16)8-6-4-5-7-9-15/h13-14H,4-12H2,1-3H3. The van der Waals surface area contributed by atoms with Crippen LogP contribution in [0.15, 0.2) is 0 Å². The topological polar surface area (TPSA) is 9.23 Å². The van der Waals surface area contributed by atoms with Crippen LogP contribution >= 0.6 is 15.9 Å². The largest absolute Gasteiger partial charge is 0.378 e. The monoisotopic (exact) mass is 304 g/mol. The minimum absolute atomic E-state index is 0.411. The van der Waals surface area contributed by atoms with E-state index in [1.165, 1.54) is 44.9 Å². The van der Waals surface area contributed by atoms with Crippen molar-refractivity contribution in [1.29, 1.82) is 0 Å². The first-order chi connectivity index (χ1) is 8.08. The van der Waals surface area contributed by atoms with Crippen LogP contribution in [-0.2, 0) is 4.74 Å². The summed E-state index contributed by atoms with van der Waals surface area (Å²) in [5, 5.41) is 1.11. The van der Waals surface area contributed by atoms with Gasteiger partial charge in [0.1, 0.15) is 0 Å². The molecule has 1 saturated carbocycles. The van der Waals surface area contributed by atoms with Gasteiger partial charge in [0.05, 0.1) is 12.7 Å². The van der Waals surface area contributed by atoms with Crippen molar-refractivity contribution in [3.05, 3.63) is 0 Å². The van der Waals surface area contributed by atoms with Crippen LogP contribution in [0.5, 0.6) is 0 Å². The molecule has 0 N–H and O–H groups in total. The minimum atomic E-state index is 0.411. The fourth-order valence-electron chi connectivity index (χ4n) is 2.85. The maximum absolute atomic E-state index is 6.11. The molecule has 0 aromatic carbocycles. The zero-order valence-electron chi connectivity index (χ0n) is 11.8. The molecule has 1 aliphatic carbocycles. The third-order valence-corrected chi connectivity index (χ3v) is 5.11. The van der Waals surface area contributed by atoms with Gasteiger partial charge in [-0.2, -0.15) is 0 Å². The lowest BCUT2D eigenvalue weighted by molar-refractivity contribution is -0.00676. The second-order valence-corrected chi connectivity index (χ2v) is 6.86. The molecule has 0 saturated heterocycles. The van der Waals surface area contributed by atoms with Crippen molar-refractivity contribution in [1.82, 2.24) is 0 Å². The molecule has 1 rings (SSSR count). The second-order valence-electron chi connectivity index (χ2n) is 6.30. The smallest absolute Gasteiger partial charge is 0.0549 e. The van der Waals surface area contributed by atoms with E-state index in [0.29, 0.717) is 11.5 Å². The van der Waals surface area contributed by atoms with Crippen molar-refractivity contribution in [3.63, 3.8) is 0 Å². The third-order valence-electron chi connectivity index (χ3n) is 3.93. The van der Waals surface area contributed by atoms with E-state index in [2.05, 4.69) is 36.7 Å². The second kappa shape index (κ2) is 7.78. The Morgan fingerprint density at radius 1 is 1.06 bits per heavy atom. The zero-order chi connectivity index (χ0) is 12.7. The fourth-order valence-corrected chi connectivity index (χ4v) is 3.57. The van der Waals surface area contributed by atoms with Crippen LogP contribution in [0.4, 0.5) is 0 Å². The van der Waals surface area contributed by atoms with Crippen molar-refractivity contribution in [3.8, 4) is 0 Å².